The van der Waals surface area contributed by atoms with Crippen LogP contribution in [0.15, 0.2) is 24.3 Å². The van der Waals surface area contributed by atoms with Gasteiger partial charge in [-0.25, -0.2) is 0 Å². The van der Waals surface area contributed by atoms with E-state index >= 15 is 0 Å². The van der Waals surface area contributed by atoms with E-state index in [-0.39, 0.29) is 23.9 Å². The lowest BCUT2D eigenvalue weighted by atomic mass is 9.94. The molecule has 5 nitrogen and oxygen atoms in total. The highest BCUT2D eigenvalue weighted by atomic mass is 16.2. The quantitative estimate of drug-likeness (QED) is 0.875. The number of nitrogens with zero attached hydrogens (tertiary/aromatic N) is 1. The smallest absolute Gasteiger partial charge is 0.242 e. The molecule has 2 aliphatic rings. The van der Waals surface area contributed by atoms with Crippen LogP contribution in [0.4, 0.5) is 0 Å². The standard InChI is InChI=1S/C17H23N3O2/c1-12(21)20-10-4-7-16(20)17(22)19-11-15-14-6-3-2-5-13(14)8-9-18-15/h2-3,5-6,15-16,18H,4,7-11H2,1H3,(H,19,22). The SMILES string of the molecule is CC(=O)N1CCCC1C(=O)NCC1NCCc2ccccc21. The van der Waals surface area contributed by atoms with Gasteiger partial charge in [0.1, 0.15) is 6.04 Å². The molecule has 118 valence electrons. The topological polar surface area (TPSA) is 61.4 Å². The monoisotopic (exact) mass is 301 g/mol. The maximum Gasteiger partial charge on any atom is 0.242 e. The summed E-state index contributed by atoms with van der Waals surface area (Å²) in [7, 11) is 0. The van der Waals surface area contributed by atoms with Gasteiger partial charge in [0, 0.05) is 26.1 Å². The van der Waals surface area contributed by atoms with E-state index < -0.39 is 0 Å². The van der Waals surface area contributed by atoms with Crippen molar-refractivity contribution in [2.75, 3.05) is 19.6 Å². The minimum absolute atomic E-state index is 0.0150. The molecule has 1 aromatic rings. The molecule has 2 unspecified atom stereocenters. The fourth-order valence-electron chi connectivity index (χ4n) is 3.51. The largest absolute Gasteiger partial charge is 0.352 e. The Morgan fingerprint density at radius 2 is 2.18 bits per heavy atom. The highest BCUT2D eigenvalue weighted by molar-refractivity contribution is 5.87. The van der Waals surface area contributed by atoms with Crippen molar-refractivity contribution < 1.29 is 9.59 Å². The summed E-state index contributed by atoms with van der Waals surface area (Å²) in [6, 6.07) is 8.23. The van der Waals surface area contributed by atoms with Crippen LogP contribution in [0.3, 0.4) is 0 Å². The van der Waals surface area contributed by atoms with Crippen molar-refractivity contribution in [1.82, 2.24) is 15.5 Å². The molecule has 0 spiro atoms. The first-order valence-corrected chi connectivity index (χ1v) is 8.03. The van der Waals surface area contributed by atoms with Crippen molar-refractivity contribution >= 4 is 11.8 Å². The number of carbonyl (C=O) groups excluding carboxylic acids is 2. The van der Waals surface area contributed by atoms with Crippen LogP contribution in [0.2, 0.25) is 0 Å². The third-order valence-electron chi connectivity index (χ3n) is 4.66. The average molecular weight is 301 g/mol. The number of carbonyl (C=O) groups is 2. The van der Waals surface area contributed by atoms with Crippen LogP contribution in [0.5, 0.6) is 0 Å². The van der Waals surface area contributed by atoms with Gasteiger partial charge in [0.15, 0.2) is 0 Å². The first-order chi connectivity index (χ1) is 10.7. The van der Waals surface area contributed by atoms with Crippen LogP contribution in [0.25, 0.3) is 0 Å². The minimum atomic E-state index is -0.295. The van der Waals surface area contributed by atoms with E-state index in [2.05, 4.69) is 28.8 Å². The molecule has 2 atom stereocenters. The van der Waals surface area contributed by atoms with Gasteiger partial charge < -0.3 is 15.5 Å². The Labute approximate surface area is 131 Å². The summed E-state index contributed by atoms with van der Waals surface area (Å²) < 4.78 is 0. The fraction of sp³-hybridized carbons (Fsp3) is 0.529. The third-order valence-corrected chi connectivity index (χ3v) is 4.66. The molecule has 1 saturated heterocycles. The van der Waals surface area contributed by atoms with Gasteiger partial charge in [0.2, 0.25) is 11.8 Å². The Morgan fingerprint density at radius 3 is 3.00 bits per heavy atom. The molecule has 1 aromatic carbocycles. The molecular formula is C17H23N3O2. The first-order valence-electron chi connectivity index (χ1n) is 8.03. The zero-order valence-electron chi connectivity index (χ0n) is 13.0. The predicted molar refractivity (Wildman–Crippen MR) is 84.3 cm³/mol. The Kier molecular flexibility index (Phi) is 4.43. The zero-order valence-corrected chi connectivity index (χ0v) is 13.0. The van der Waals surface area contributed by atoms with E-state index in [1.165, 1.54) is 18.1 Å². The van der Waals surface area contributed by atoms with Crippen LogP contribution in [0, 0.1) is 0 Å². The predicted octanol–water partition coefficient (Wildman–Crippen LogP) is 1.00. The van der Waals surface area contributed by atoms with Crippen molar-refractivity contribution in [3.8, 4) is 0 Å². The number of hydrogen-bond donors (Lipinski definition) is 2. The lowest BCUT2D eigenvalue weighted by Crippen LogP contribution is -2.47. The lowest BCUT2D eigenvalue weighted by Gasteiger charge is -2.28. The molecular weight excluding hydrogens is 278 g/mol. The highest BCUT2D eigenvalue weighted by Crippen LogP contribution is 2.22. The van der Waals surface area contributed by atoms with Gasteiger partial charge in [-0.2, -0.15) is 0 Å². The van der Waals surface area contributed by atoms with Gasteiger partial charge >= 0.3 is 0 Å². The van der Waals surface area contributed by atoms with Crippen molar-refractivity contribution in [3.63, 3.8) is 0 Å². The average Bonchev–Trinajstić information content (AvgIpc) is 3.02. The second-order valence-corrected chi connectivity index (χ2v) is 6.07. The van der Waals surface area contributed by atoms with Crippen molar-refractivity contribution in [3.05, 3.63) is 35.4 Å². The third kappa shape index (κ3) is 2.99. The number of fused-ring (bicyclic) bond motifs is 1. The normalized spacial score (nSPS) is 24.0. The second kappa shape index (κ2) is 6.48. The highest BCUT2D eigenvalue weighted by Gasteiger charge is 2.32. The Bertz CT molecular complexity index is 573. The van der Waals surface area contributed by atoms with Crippen molar-refractivity contribution in [2.24, 2.45) is 0 Å². The molecule has 0 saturated carbocycles. The van der Waals surface area contributed by atoms with Gasteiger partial charge in [-0.05, 0) is 36.9 Å². The summed E-state index contributed by atoms with van der Waals surface area (Å²) in [6.45, 7) is 3.72. The zero-order chi connectivity index (χ0) is 15.5. The molecule has 1 fully saturated rings. The fourth-order valence-corrected chi connectivity index (χ4v) is 3.51. The van der Waals surface area contributed by atoms with Crippen LogP contribution < -0.4 is 10.6 Å². The Balaban J connectivity index is 1.61. The van der Waals surface area contributed by atoms with Crippen LogP contribution in [0.1, 0.15) is 36.9 Å². The summed E-state index contributed by atoms with van der Waals surface area (Å²) in [4.78, 5) is 25.6. The van der Waals surface area contributed by atoms with Crippen molar-refractivity contribution in [1.29, 1.82) is 0 Å². The van der Waals surface area contributed by atoms with Gasteiger partial charge in [-0.3, -0.25) is 9.59 Å². The summed E-state index contributed by atoms with van der Waals surface area (Å²) in [5, 5.41) is 6.48. The summed E-state index contributed by atoms with van der Waals surface area (Å²) >= 11 is 0. The number of nitrogens with one attached hydrogen (secondary N) is 2. The lowest BCUT2D eigenvalue weighted by molar-refractivity contribution is -0.136. The second-order valence-electron chi connectivity index (χ2n) is 6.07. The molecule has 22 heavy (non-hydrogen) atoms. The Hall–Kier alpha value is -1.88. The van der Waals surface area contributed by atoms with Crippen LogP contribution in [-0.4, -0.2) is 42.4 Å². The molecule has 0 aliphatic carbocycles. The van der Waals surface area contributed by atoms with Gasteiger partial charge in [-0.1, -0.05) is 24.3 Å². The molecule has 2 N–H and O–H groups in total. The molecule has 0 aromatic heterocycles. The summed E-state index contributed by atoms with van der Waals surface area (Å²) in [5.41, 5.74) is 2.62. The van der Waals surface area contributed by atoms with Crippen LogP contribution in [-0.2, 0) is 16.0 Å². The molecule has 5 heteroatoms. The van der Waals surface area contributed by atoms with Crippen LogP contribution >= 0.6 is 0 Å². The van der Waals surface area contributed by atoms with Gasteiger partial charge in [0.05, 0.1) is 0 Å². The molecule has 3 rings (SSSR count). The molecule has 2 aliphatic heterocycles. The van der Waals surface area contributed by atoms with Gasteiger partial charge in [0.25, 0.3) is 0 Å². The molecule has 0 bridgehead atoms. The van der Waals surface area contributed by atoms with Gasteiger partial charge in [-0.15, -0.1) is 0 Å². The number of hydrogen-bond acceptors (Lipinski definition) is 3. The number of benzene rings is 1. The molecule has 2 amide bonds. The molecule has 2 heterocycles. The number of amides is 2. The van der Waals surface area contributed by atoms with E-state index in [0.717, 1.165) is 25.8 Å². The van der Waals surface area contributed by atoms with E-state index in [1.54, 1.807) is 4.90 Å². The number of rotatable bonds is 3. The summed E-state index contributed by atoms with van der Waals surface area (Å²) in [5.74, 6) is -0.0451. The van der Waals surface area contributed by atoms with Crippen molar-refractivity contribution in [2.45, 2.75) is 38.3 Å². The van der Waals surface area contributed by atoms with E-state index in [1.807, 2.05) is 6.07 Å². The molecule has 0 radical (unpaired) electrons. The minimum Gasteiger partial charge on any atom is -0.352 e. The van der Waals surface area contributed by atoms with E-state index in [0.29, 0.717) is 13.1 Å². The summed E-state index contributed by atoms with van der Waals surface area (Å²) in [6.07, 6.45) is 2.70. The number of likely N-dealkylation sites (tertiary alicyclic amines) is 1. The van der Waals surface area contributed by atoms with E-state index in [4.69, 9.17) is 0 Å². The van der Waals surface area contributed by atoms with E-state index in [9.17, 15) is 9.59 Å². The first kappa shape index (κ1) is 15.0. The maximum absolute atomic E-state index is 12.4. The Morgan fingerprint density at radius 1 is 1.36 bits per heavy atom. The maximum atomic E-state index is 12.4.